The largest absolute Gasteiger partial charge is 0.394 e. The van der Waals surface area contributed by atoms with Crippen molar-refractivity contribution in [3.63, 3.8) is 0 Å². The summed E-state index contributed by atoms with van der Waals surface area (Å²) >= 11 is 5.61. The molecule has 0 rings (SSSR count). The summed E-state index contributed by atoms with van der Waals surface area (Å²) < 4.78 is 0. The van der Waals surface area contributed by atoms with E-state index in [1.54, 1.807) is 0 Å². The summed E-state index contributed by atoms with van der Waals surface area (Å²) in [5.74, 6) is 0. The Morgan fingerprint density at radius 1 is 0.783 bits per heavy atom. The number of aliphatic hydroxyl groups excluding tert-OH is 2. The van der Waals surface area contributed by atoms with Crippen molar-refractivity contribution in [2.24, 2.45) is 5.73 Å². The molecule has 0 bridgehead atoms. The van der Waals surface area contributed by atoms with Crippen LogP contribution in [0.5, 0.6) is 0 Å². The Bertz CT molecular complexity index is 252. The molecule has 0 radical (unpaired) electrons. The van der Waals surface area contributed by atoms with Crippen molar-refractivity contribution in [3.05, 3.63) is 0 Å². The molecule has 0 aliphatic rings. The van der Waals surface area contributed by atoms with Crippen molar-refractivity contribution in [1.29, 1.82) is 0 Å². The summed E-state index contributed by atoms with van der Waals surface area (Å²) in [6.07, 6.45) is 18.9. The van der Waals surface area contributed by atoms with Crippen LogP contribution in [0.3, 0.4) is 0 Å². The summed E-state index contributed by atoms with van der Waals surface area (Å²) in [4.78, 5) is 0. The Morgan fingerprint density at radius 3 is 1.43 bits per heavy atom. The fourth-order valence-corrected chi connectivity index (χ4v) is 3.10. The van der Waals surface area contributed by atoms with E-state index in [-0.39, 0.29) is 6.61 Å². The van der Waals surface area contributed by atoms with E-state index < -0.39 is 11.1 Å². The van der Waals surface area contributed by atoms with Crippen LogP contribution in [-0.4, -0.2) is 27.9 Å². The van der Waals surface area contributed by atoms with E-state index in [2.05, 4.69) is 6.92 Å². The SMILES string of the molecule is CCCCCCCCCCCCCCCCC(N)(CO)C(O)Cl. The standard InChI is InChI=1S/C19H40ClNO2/c1-2-3-4-5-6-7-8-9-10-11-12-13-14-15-16-19(21,17-22)18(20)23/h18,22-23H,2-17,21H2,1H3. The van der Waals surface area contributed by atoms with E-state index in [1.807, 2.05) is 0 Å². The van der Waals surface area contributed by atoms with Gasteiger partial charge < -0.3 is 15.9 Å². The third kappa shape index (κ3) is 13.2. The van der Waals surface area contributed by atoms with Crippen molar-refractivity contribution < 1.29 is 10.2 Å². The summed E-state index contributed by atoms with van der Waals surface area (Å²) in [7, 11) is 0. The zero-order valence-corrected chi connectivity index (χ0v) is 16.0. The van der Waals surface area contributed by atoms with Crippen LogP contribution in [0.1, 0.15) is 103 Å². The van der Waals surface area contributed by atoms with Gasteiger partial charge in [-0.1, -0.05) is 108 Å². The van der Waals surface area contributed by atoms with Crippen LogP contribution in [-0.2, 0) is 0 Å². The lowest BCUT2D eigenvalue weighted by Gasteiger charge is -2.28. The van der Waals surface area contributed by atoms with Gasteiger partial charge in [-0.05, 0) is 6.42 Å². The van der Waals surface area contributed by atoms with Crippen LogP contribution in [0, 0.1) is 0 Å². The van der Waals surface area contributed by atoms with Gasteiger partial charge in [0.05, 0.1) is 12.1 Å². The molecule has 0 fully saturated rings. The van der Waals surface area contributed by atoms with Crippen molar-refractivity contribution >= 4 is 11.6 Å². The zero-order valence-electron chi connectivity index (χ0n) is 15.2. The van der Waals surface area contributed by atoms with Gasteiger partial charge in [0.15, 0.2) is 0 Å². The molecule has 0 amide bonds. The number of rotatable bonds is 17. The molecule has 0 aromatic rings. The second-order valence-corrected chi connectivity index (χ2v) is 7.49. The summed E-state index contributed by atoms with van der Waals surface area (Å²) in [6, 6.07) is 0. The molecule has 2 atom stereocenters. The molecule has 0 aromatic carbocycles. The van der Waals surface area contributed by atoms with Crippen molar-refractivity contribution in [2.75, 3.05) is 6.61 Å². The van der Waals surface area contributed by atoms with Gasteiger partial charge in [0.1, 0.15) is 5.56 Å². The number of hydrogen-bond acceptors (Lipinski definition) is 3. The van der Waals surface area contributed by atoms with Crippen LogP contribution in [0.4, 0.5) is 0 Å². The summed E-state index contributed by atoms with van der Waals surface area (Å²) in [5.41, 5.74) is 3.64. The predicted octanol–water partition coefficient (Wildman–Crippen LogP) is 5.10. The minimum absolute atomic E-state index is 0.268. The average molecular weight is 350 g/mol. The Kier molecular flexibility index (Phi) is 15.8. The van der Waals surface area contributed by atoms with Crippen LogP contribution in [0.25, 0.3) is 0 Å². The van der Waals surface area contributed by atoms with E-state index in [1.165, 1.54) is 77.0 Å². The molecule has 0 saturated carbocycles. The lowest BCUT2D eigenvalue weighted by atomic mass is 9.94. The molecule has 0 heterocycles. The fourth-order valence-electron chi connectivity index (χ4n) is 2.92. The monoisotopic (exact) mass is 349 g/mol. The number of aliphatic hydroxyl groups is 2. The number of hydrogen-bond donors (Lipinski definition) is 3. The molecule has 0 spiro atoms. The highest BCUT2D eigenvalue weighted by Crippen LogP contribution is 2.20. The molecule has 2 unspecified atom stereocenters. The Balaban J connectivity index is 3.25. The van der Waals surface area contributed by atoms with E-state index >= 15 is 0 Å². The van der Waals surface area contributed by atoms with Crippen molar-refractivity contribution in [2.45, 2.75) is 114 Å². The molecular formula is C19H40ClNO2. The first kappa shape index (κ1) is 23.2. The number of nitrogens with two attached hydrogens (primary N) is 1. The fraction of sp³-hybridized carbons (Fsp3) is 1.00. The summed E-state index contributed by atoms with van der Waals surface area (Å²) in [6.45, 7) is 2.00. The van der Waals surface area contributed by atoms with E-state index in [0.717, 1.165) is 12.8 Å². The molecule has 0 saturated heterocycles. The van der Waals surface area contributed by atoms with E-state index in [9.17, 15) is 10.2 Å². The van der Waals surface area contributed by atoms with Gasteiger partial charge in [-0.15, -0.1) is 0 Å². The van der Waals surface area contributed by atoms with Gasteiger partial charge in [0, 0.05) is 0 Å². The van der Waals surface area contributed by atoms with Gasteiger partial charge in [0.25, 0.3) is 0 Å². The topological polar surface area (TPSA) is 66.5 Å². The van der Waals surface area contributed by atoms with Crippen LogP contribution >= 0.6 is 11.6 Å². The first-order valence-corrected chi connectivity index (χ1v) is 10.2. The Hall–Kier alpha value is 0.170. The molecule has 0 aliphatic heterocycles. The lowest BCUT2D eigenvalue weighted by molar-refractivity contribution is 0.0864. The smallest absolute Gasteiger partial charge is 0.148 e. The molecule has 140 valence electrons. The molecular weight excluding hydrogens is 310 g/mol. The molecule has 0 aromatic heterocycles. The molecule has 4 heteroatoms. The highest BCUT2D eigenvalue weighted by Gasteiger charge is 2.30. The van der Waals surface area contributed by atoms with Crippen molar-refractivity contribution in [3.8, 4) is 0 Å². The second-order valence-electron chi connectivity index (χ2n) is 7.07. The predicted molar refractivity (Wildman–Crippen MR) is 101 cm³/mol. The third-order valence-corrected chi connectivity index (χ3v) is 5.20. The van der Waals surface area contributed by atoms with Gasteiger partial charge in [-0.25, -0.2) is 0 Å². The molecule has 4 N–H and O–H groups in total. The quantitative estimate of drug-likeness (QED) is 0.252. The number of halogens is 1. The first-order valence-electron chi connectivity index (χ1n) is 9.78. The van der Waals surface area contributed by atoms with Gasteiger partial charge in [-0.2, -0.15) is 0 Å². The minimum atomic E-state index is -1.17. The maximum Gasteiger partial charge on any atom is 0.148 e. The molecule has 3 nitrogen and oxygen atoms in total. The average Bonchev–Trinajstić information content (AvgIpc) is 2.54. The lowest BCUT2D eigenvalue weighted by Crippen LogP contribution is -2.51. The maximum absolute atomic E-state index is 9.36. The Morgan fingerprint density at radius 2 is 1.13 bits per heavy atom. The second kappa shape index (κ2) is 15.7. The Labute approximate surface area is 149 Å². The van der Waals surface area contributed by atoms with Gasteiger partial charge >= 0.3 is 0 Å². The highest BCUT2D eigenvalue weighted by molar-refractivity contribution is 6.20. The third-order valence-electron chi connectivity index (χ3n) is 4.76. The van der Waals surface area contributed by atoms with Crippen LogP contribution in [0.2, 0.25) is 0 Å². The first-order chi connectivity index (χ1) is 11.1. The maximum atomic E-state index is 9.36. The van der Waals surface area contributed by atoms with Gasteiger partial charge in [0.2, 0.25) is 0 Å². The van der Waals surface area contributed by atoms with Gasteiger partial charge in [-0.3, -0.25) is 0 Å². The molecule has 23 heavy (non-hydrogen) atoms. The van der Waals surface area contributed by atoms with Crippen molar-refractivity contribution in [1.82, 2.24) is 0 Å². The summed E-state index contributed by atoms with van der Waals surface area (Å²) in [5, 5.41) is 18.5. The normalized spacial score (nSPS) is 15.5. The van der Waals surface area contributed by atoms with E-state index in [4.69, 9.17) is 17.3 Å². The zero-order chi connectivity index (χ0) is 17.4. The highest BCUT2D eigenvalue weighted by atomic mass is 35.5. The number of alkyl halides is 1. The molecule has 0 aliphatic carbocycles. The van der Waals surface area contributed by atoms with Crippen LogP contribution in [0.15, 0.2) is 0 Å². The van der Waals surface area contributed by atoms with Crippen LogP contribution < -0.4 is 5.73 Å². The van der Waals surface area contributed by atoms with E-state index in [0.29, 0.717) is 6.42 Å². The number of unbranched alkanes of at least 4 members (excludes halogenated alkanes) is 13. The minimum Gasteiger partial charge on any atom is -0.394 e.